The van der Waals surface area contributed by atoms with E-state index in [1.54, 1.807) is 0 Å². The molecule has 2 N–H and O–H groups in total. The summed E-state index contributed by atoms with van der Waals surface area (Å²) in [6.45, 7) is 7.06. The van der Waals surface area contributed by atoms with Crippen molar-refractivity contribution in [2.24, 2.45) is 4.99 Å². The Hall–Kier alpha value is -4.12. The lowest BCUT2D eigenvalue weighted by Crippen LogP contribution is -2.50. The van der Waals surface area contributed by atoms with Crippen LogP contribution in [0.1, 0.15) is 55.7 Å². The number of esters is 1. The third-order valence-electron chi connectivity index (χ3n) is 7.55. The normalized spacial score (nSPS) is 21.7. The fourth-order valence-electron chi connectivity index (χ4n) is 5.81. The summed E-state index contributed by atoms with van der Waals surface area (Å²) in [4.78, 5) is 18.5. The molecule has 3 aromatic rings. The summed E-state index contributed by atoms with van der Waals surface area (Å²) in [6, 6.07) is 31.5. The summed E-state index contributed by atoms with van der Waals surface area (Å²) < 4.78 is 5.58. The molecule has 0 saturated carbocycles. The van der Waals surface area contributed by atoms with Gasteiger partial charge in [0.15, 0.2) is 0 Å². The number of benzene rings is 3. The van der Waals surface area contributed by atoms with Crippen LogP contribution in [0.4, 0.5) is 0 Å². The molecule has 0 radical (unpaired) electrons. The Balaban J connectivity index is 1.61. The molecule has 5 rings (SSSR count). The number of aliphatic imine (C=N–C) groups is 1. The highest BCUT2D eigenvalue weighted by Crippen LogP contribution is 2.45. The fraction of sp³-hybridized carbons (Fsp3) is 0.294. The number of nitrogens with one attached hydrogen (secondary N) is 2. The second-order valence-electron chi connectivity index (χ2n) is 10.2. The van der Waals surface area contributed by atoms with Gasteiger partial charge in [-0.25, -0.2) is 4.79 Å². The summed E-state index contributed by atoms with van der Waals surface area (Å²) in [5, 5.41) is 7.42. The molecule has 5 nitrogen and oxygen atoms in total. The van der Waals surface area contributed by atoms with E-state index in [-0.39, 0.29) is 23.8 Å². The highest BCUT2D eigenvalue weighted by molar-refractivity contribution is 6.06. The molecule has 5 heteroatoms. The van der Waals surface area contributed by atoms with Gasteiger partial charge in [-0.2, -0.15) is 0 Å². The van der Waals surface area contributed by atoms with Crippen molar-refractivity contribution in [1.29, 1.82) is 0 Å². The number of carbonyl (C=O) groups excluding carboxylic acids is 1. The van der Waals surface area contributed by atoms with Crippen molar-refractivity contribution >= 4 is 11.8 Å². The van der Waals surface area contributed by atoms with E-state index in [2.05, 4.69) is 78.2 Å². The van der Waals surface area contributed by atoms with Gasteiger partial charge in [0, 0.05) is 41.4 Å². The Morgan fingerprint density at radius 2 is 1.51 bits per heavy atom. The molecule has 3 unspecified atom stereocenters. The van der Waals surface area contributed by atoms with E-state index >= 15 is 0 Å². The molecule has 0 spiro atoms. The van der Waals surface area contributed by atoms with Gasteiger partial charge >= 0.3 is 5.97 Å². The lowest BCUT2D eigenvalue weighted by Gasteiger charge is -2.42. The van der Waals surface area contributed by atoms with E-state index in [1.807, 2.05) is 44.2 Å². The maximum atomic E-state index is 13.4. The lowest BCUT2D eigenvalue weighted by molar-refractivity contribution is -0.138. The quantitative estimate of drug-likeness (QED) is 0.272. The first-order chi connectivity index (χ1) is 19.1. The highest BCUT2D eigenvalue weighted by Gasteiger charge is 2.43. The number of allylic oxidation sites excluding steroid dienone is 1. The van der Waals surface area contributed by atoms with Gasteiger partial charge in [-0.05, 0) is 50.3 Å². The Labute approximate surface area is 231 Å². The summed E-state index contributed by atoms with van der Waals surface area (Å²) in [5.74, 6) is 0.351. The standard InChI is InChI=1S/C34H37N3O2/c1-4-39-34(38)29-24(3)36-32-28(26-18-10-6-11-19-26)23(2)37-33(31(32)30(29)27-20-12-7-13-21-27)35-22-14-17-25-15-8-5-9-16-25/h5-13,15-16,18-21,23,28,30,36H,4,14,17,22H2,1-3H3,(H,35,37). The van der Waals surface area contributed by atoms with Gasteiger partial charge in [0.2, 0.25) is 0 Å². The van der Waals surface area contributed by atoms with Gasteiger partial charge in [0.1, 0.15) is 5.84 Å². The Bertz CT molecular complexity index is 1380. The van der Waals surface area contributed by atoms with Gasteiger partial charge in [-0.3, -0.25) is 4.99 Å². The molecule has 2 aliphatic rings. The van der Waals surface area contributed by atoms with Crippen molar-refractivity contribution in [2.45, 2.75) is 51.5 Å². The number of hydrogen-bond acceptors (Lipinski definition) is 4. The zero-order valence-electron chi connectivity index (χ0n) is 23.0. The topological polar surface area (TPSA) is 62.7 Å². The minimum absolute atomic E-state index is 0.0781. The summed E-state index contributed by atoms with van der Waals surface area (Å²) >= 11 is 0. The van der Waals surface area contributed by atoms with Crippen LogP contribution >= 0.6 is 0 Å². The Kier molecular flexibility index (Phi) is 8.26. The Morgan fingerprint density at radius 3 is 2.15 bits per heavy atom. The maximum Gasteiger partial charge on any atom is 0.336 e. The van der Waals surface area contributed by atoms with Crippen LogP contribution in [0.15, 0.2) is 119 Å². The molecule has 200 valence electrons. The van der Waals surface area contributed by atoms with Crippen LogP contribution < -0.4 is 10.6 Å². The predicted molar refractivity (Wildman–Crippen MR) is 158 cm³/mol. The average Bonchev–Trinajstić information content (AvgIpc) is 2.96. The zero-order valence-corrected chi connectivity index (χ0v) is 23.0. The molecule has 0 amide bonds. The van der Waals surface area contributed by atoms with Crippen LogP contribution in [0.3, 0.4) is 0 Å². The predicted octanol–water partition coefficient (Wildman–Crippen LogP) is 6.27. The number of nitrogens with zero attached hydrogens (tertiary/aromatic N) is 1. The smallest absolute Gasteiger partial charge is 0.336 e. The largest absolute Gasteiger partial charge is 0.463 e. The molecular formula is C34H37N3O2. The van der Waals surface area contributed by atoms with E-state index in [0.29, 0.717) is 18.7 Å². The van der Waals surface area contributed by atoms with Crippen molar-refractivity contribution in [3.8, 4) is 0 Å². The molecule has 3 aromatic carbocycles. The molecular weight excluding hydrogens is 482 g/mol. The number of amidine groups is 1. The van der Waals surface area contributed by atoms with Crippen molar-refractivity contribution in [1.82, 2.24) is 10.6 Å². The van der Waals surface area contributed by atoms with E-state index in [1.165, 1.54) is 11.1 Å². The molecule has 0 fully saturated rings. The minimum atomic E-state index is -0.291. The fourth-order valence-corrected chi connectivity index (χ4v) is 5.81. The van der Waals surface area contributed by atoms with Gasteiger partial charge in [0.05, 0.1) is 12.2 Å². The first-order valence-electron chi connectivity index (χ1n) is 13.9. The number of dihydropyridines is 1. The zero-order chi connectivity index (χ0) is 27.2. The Morgan fingerprint density at radius 1 is 0.897 bits per heavy atom. The van der Waals surface area contributed by atoms with Crippen LogP contribution in [0.25, 0.3) is 0 Å². The third-order valence-corrected chi connectivity index (χ3v) is 7.55. The number of hydrogen-bond donors (Lipinski definition) is 2. The van der Waals surface area contributed by atoms with E-state index in [4.69, 9.17) is 9.73 Å². The molecule has 2 heterocycles. The summed E-state index contributed by atoms with van der Waals surface area (Å²) in [6.07, 6.45) is 1.91. The van der Waals surface area contributed by atoms with Crippen LogP contribution in [-0.4, -0.2) is 31.0 Å². The second kappa shape index (κ2) is 12.2. The molecule has 0 aliphatic carbocycles. The first kappa shape index (κ1) is 26.5. The van der Waals surface area contributed by atoms with Gasteiger partial charge in [0.25, 0.3) is 0 Å². The summed E-state index contributed by atoms with van der Waals surface area (Å²) in [7, 11) is 0. The third kappa shape index (κ3) is 5.68. The lowest BCUT2D eigenvalue weighted by atomic mass is 9.73. The molecule has 39 heavy (non-hydrogen) atoms. The van der Waals surface area contributed by atoms with Gasteiger partial charge < -0.3 is 15.4 Å². The molecule has 3 atom stereocenters. The van der Waals surface area contributed by atoms with Crippen LogP contribution in [0, 0.1) is 0 Å². The van der Waals surface area contributed by atoms with Crippen LogP contribution in [-0.2, 0) is 16.0 Å². The number of rotatable bonds is 8. The SMILES string of the molecule is CCOC(=O)C1=C(C)NC2=C(C(=NCCCc3ccccc3)NC(C)C2c2ccccc2)C1c1ccccc1. The van der Waals surface area contributed by atoms with Crippen LogP contribution in [0.5, 0.6) is 0 Å². The van der Waals surface area contributed by atoms with Crippen molar-refractivity contribution in [2.75, 3.05) is 13.2 Å². The number of aryl methyl sites for hydroxylation is 1. The molecule has 0 aromatic heterocycles. The van der Waals surface area contributed by atoms with Crippen molar-refractivity contribution in [3.63, 3.8) is 0 Å². The van der Waals surface area contributed by atoms with Crippen molar-refractivity contribution < 1.29 is 9.53 Å². The van der Waals surface area contributed by atoms with Gasteiger partial charge in [-0.15, -0.1) is 0 Å². The summed E-state index contributed by atoms with van der Waals surface area (Å²) in [5.41, 5.74) is 7.20. The van der Waals surface area contributed by atoms with E-state index < -0.39 is 0 Å². The van der Waals surface area contributed by atoms with E-state index in [9.17, 15) is 4.79 Å². The second-order valence-corrected chi connectivity index (χ2v) is 10.2. The minimum Gasteiger partial charge on any atom is -0.463 e. The number of ether oxygens (including phenoxy) is 1. The average molecular weight is 520 g/mol. The highest BCUT2D eigenvalue weighted by atomic mass is 16.5. The molecule has 0 saturated heterocycles. The number of carbonyl (C=O) groups is 1. The van der Waals surface area contributed by atoms with E-state index in [0.717, 1.165) is 41.2 Å². The molecule has 2 aliphatic heterocycles. The molecule has 0 bridgehead atoms. The maximum absolute atomic E-state index is 13.4. The van der Waals surface area contributed by atoms with Crippen LogP contribution in [0.2, 0.25) is 0 Å². The van der Waals surface area contributed by atoms with Crippen molar-refractivity contribution in [3.05, 3.63) is 130 Å². The first-order valence-corrected chi connectivity index (χ1v) is 13.9. The monoisotopic (exact) mass is 519 g/mol. The van der Waals surface area contributed by atoms with Gasteiger partial charge in [-0.1, -0.05) is 91.0 Å².